The number of fused-ring (bicyclic) bond motifs is 1. The molecule has 2 N–H and O–H groups in total. The van der Waals surface area contributed by atoms with E-state index in [1.54, 1.807) is 6.20 Å². The molecule has 0 spiro atoms. The van der Waals surface area contributed by atoms with E-state index in [-0.39, 0.29) is 0 Å². The third-order valence-corrected chi connectivity index (χ3v) is 3.16. The Balaban J connectivity index is 2.05. The van der Waals surface area contributed by atoms with E-state index in [0.717, 1.165) is 24.1 Å². The van der Waals surface area contributed by atoms with Gasteiger partial charge >= 0.3 is 0 Å². The van der Waals surface area contributed by atoms with Crippen molar-refractivity contribution in [2.45, 2.75) is 12.3 Å². The summed E-state index contributed by atoms with van der Waals surface area (Å²) in [6.07, 6.45) is 2.87. The van der Waals surface area contributed by atoms with Gasteiger partial charge in [0.05, 0.1) is 5.02 Å². The fourth-order valence-electron chi connectivity index (χ4n) is 2.15. The lowest BCUT2D eigenvalue weighted by Gasteiger charge is -2.03. The van der Waals surface area contributed by atoms with E-state index in [0.29, 0.717) is 10.9 Å². The smallest absolute Gasteiger partial charge is 0.137 e. The molecule has 15 heavy (non-hydrogen) atoms. The van der Waals surface area contributed by atoms with E-state index in [4.69, 9.17) is 11.6 Å². The van der Waals surface area contributed by atoms with Gasteiger partial charge in [-0.1, -0.05) is 11.6 Å². The SMILES string of the molecule is Clc1cnc2[nH]c(C3CCNC3)cc2c1. The Morgan fingerprint density at radius 3 is 3.13 bits per heavy atom. The van der Waals surface area contributed by atoms with Gasteiger partial charge in [0.25, 0.3) is 0 Å². The van der Waals surface area contributed by atoms with Crippen LogP contribution in [0.25, 0.3) is 11.0 Å². The van der Waals surface area contributed by atoms with E-state index >= 15 is 0 Å². The van der Waals surface area contributed by atoms with E-state index in [1.165, 1.54) is 12.1 Å². The predicted octanol–water partition coefficient (Wildman–Crippen LogP) is 2.29. The average Bonchev–Trinajstić information content (AvgIpc) is 2.84. The summed E-state index contributed by atoms with van der Waals surface area (Å²) in [6, 6.07) is 4.11. The first-order valence-electron chi connectivity index (χ1n) is 5.18. The number of pyridine rings is 1. The molecule has 0 aromatic carbocycles. The van der Waals surface area contributed by atoms with Gasteiger partial charge in [0.15, 0.2) is 0 Å². The highest BCUT2D eigenvalue weighted by Gasteiger charge is 2.18. The van der Waals surface area contributed by atoms with Gasteiger partial charge in [0, 0.05) is 29.7 Å². The molecule has 2 aromatic rings. The summed E-state index contributed by atoms with van der Waals surface area (Å²) < 4.78 is 0. The molecule has 0 saturated carbocycles. The first kappa shape index (κ1) is 9.19. The maximum atomic E-state index is 5.90. The van der Waals surface area contributed by atoms with Gasteiger partial charge in [-0.05, 0) is 25.1 Å². The zero-order valence-corrected chi connectivity index (χ0v) is 9.01. The highest BCUT2D eigenvalue weighted by Crippen LogP contribution is 2.25. The fourth-order valence-corrected chi connectivity index (χ4v) is 2.32. The lowest BCUT2D eigenvalue weighted by molar-refractivity contribution is 0.743. The first-order valence-corrected chi connectivity index (χ1v) is 5.55. The minimum Gasteiger partial charge on any atom is -0.343 e. The molecule has 1 fully saturated rings. The molecule has 4 heteroatoms. The molecule has 1 aliphatic heterocycles. The summed E-state index contributed by atoms with van der Waals surface area (Å²) >= 11 is 5.90. The van der Waals surface area contributed by atoms with Crippen LogP contribution >= 0.6 is 11.6 Å². The summed E-state index contributed by atoms with van der Waals surface area (Å²) in [4.78, 5) is 7.62. The van der Waals surface area contributed by atoms with Crippen molar-refractivity contribution < 1.29 is 0 Å². The van der Waals surface area contributed by atoms with Gasteiger partial charge in [-0.3, -0.25) is 0 Å². The van der Waals surface area contributed by atoms with Crippen LogP contribution in [0.5, 0.6) is 0 Å². The number of nitrogens with one attached hydrogen (secondary N) is 2. The Bertz CT molecular complexity index is 486. The number of hydrogen-bond donors (Lipinski definition) is 2. The van der Waals surface area contributed by atoms with Crippen molar-refractivity contribution in [1.29, 1.82) is 0 Å². The van der Waals surface area contributed by atoms with Crippen molar-refractivity contribution in [3.8, 4) is 0 Å². The Kier molecular flexibility index (Phi) is 2.15. The third kappa shape index (κ3) is 1.62. The lowest BCUT2D eigenvalue weighted by atomic mass is 10.1. The van der Waals surface area contributed by atoms with Gasteiger partial charge in [-0.25, -0.2) is 4.98 Å². The number of rotatable bonds is 1. The second kappa shape index (κ2) is 3.51. The van der Waals surface area contributed by atoms with E-state index in [9.17, 15) is 0 Å². The Labute approximate surface area is 92.8 Å². The molecule has 3 rings (SSSR count). The molecule has 0 radical (unpaired) electrons. The number of halogens is 1. The van der Waals surface area contributed by atoms with Gasteiger partial charge in [0.1, 0.15) is 5.65 Å². The Morgan fingerprint density at radius 1 is 1.40 bits per heavy atom. The zero-order chi connectivity index (χ0) is 10.3. The molecule has 3 nitrogen and oxygen atoms in total. The summed E-state index contributed by atoms with van der Waals surface area (Å²) in [7, 11) is 0. The number of H-pyrrole nitrogens is 1. The minimum atomic E-state index is 0.595. The lowest BCUT2D eigenvalue weighted by Crippen LogP contribution is -2.07. The molecule has 3 heterocycles. The fraction of sp³-hybridized carbons (Fsp3) is 0.364. The maximum absolute atomic E-state index is 5.90. The van der Waals surface area contributed by atoms with Crippen LogP contribution in [0.1, 0.15) is 18.0 Å². The van der Waals surface area contributed by atoms with Crippen LogP contribution in [-0.4, -0.2) is 23.1 Å². The maximum Gasteiger partial charge on any atom is 0.137 e. The van der Waals surface area contributed by atoms with Gasteiger partial charge in [0.2, 0.25) is 0 Å². The third-order valence-electron chi connectivity index (χ3n) is 2.96. The van der Waals surface area contributed by atoms with Crippen molar-refractivity contribution >= 4 is 22.6 Å². The van der Waals surface area contributed by atoms with Crippen LogP contribution in [-0.2, 0) is 0 Å². The molecule has 1 aliphatic rings. The van der Waals surface area contributed by atoms with Crippen molar-refractivity contribution in [3.63, 3.8) is 0 Å². The topological polar surface area (TPSA) is 40.7 Å². The van der Waals surface area contributed by atoms with Crippen LogP contribution in [0, 0.1) is 0 Å². The summed E-state index contributed by atoms with van der Waals surface area (Å²) in [5, 5.41) is 5.15. The molecular formula is C11H12ClN3. The second-order valence-electron chi connectivity index (χ2n) is 4.01. The standard InChI is InChI=1S/C11H12ClN3/c12-9-3-8-4-10(7-1-2-13-5-7)15-11(8)14-6-9/h3-4,6-7,13H,1-2,5H2,(H,14,15). The Morgan fingerprint density at radius 2 is 2.33 bits per heavy atom. The monoisotopic (exact) mass is 221 g/mol. The van der Waals surface area contributed by atoms with Crippen LogP contribution < -0.4 is 5.32 Å². The summed E-state index contributed by atoms with van der Waals surface area (Å²) in [5.41, 5.74) is 2.20. The molecular weight excluding hydrogens is 210 g/mol. The van der Waals surface area contributed by atoms with Crippen LogP contribution in [0.15, 0.2) is 18.3 Å². The molecule has 78 valence electrons. The van der Waals surface area contributed by atoms with Crippen LogP contribution in [0.4, 0.5) is 0 Å². The summed E-state index contributed by atoms with van der Waals surface area (Å²) in [6.45, 7) is 2.16. The quantitative estimate of drug-likeness (QED) is 0.776. The van der Waals surface area contributed by atoms with Crippen LogP contribution in [0.2, 0.25) is 5.02 Å². The molecule has 1 saturated heterocycles. The number of aromatic amines is 1. The Hall–Kier alpha value is -1.06. The minimum absolute atomic E-state index is 0.595. The highest BCUT2D eigenvalue weighted by atomic mass is 35.5. The van der Waals surface area contributed by atoms with E-state index < -0.39 is 0 Å². The van der Waals surface area contributed by atoms with Crippen molar-refractivity contribution in [3.05, 3.63) is 29.0 Å². The molecule has 0 amide bonds. The van der Waals surface area contributed by atoms with Gasteiger partial charge < -0.3 is 10.3 Å². The average molecular weight is 222 g/mol. The second-order valence-corrected chi connectivity index (χ2v) is 4.44. The number of nitrogens with zero attached hydrogens (tertiary/aromatic N) is 1. The highest BCUT2D eigenvalue weighted by molar-refractivity contribution is 6.31. The van der Waals surface area contributed by atoms with Gasteiger partial charge in [-0.15, -0.1) is 0 Å². The van der Waals surface area contributed by atoms with E-state index in [1.807, 2.05) is 6.07 Å². The zero-order valence-electron chi connectivity index (χ0n) is 8.26. The molecule has 0 aliphatic carbocycles. The van der Waals surface area contributed by atoms with E-state index in [2.05, 4.69) is 21.4 Å². The normalized spacial score (nSPS) is 21.3. The van der Waals surface area contributed by atoms with Gasteiger partial charge in [-0.2, -0.15) is 0 Å². The first-order chi connectivity index (χ1) is 7.33. The molecule has 1 atom stereocenters. The molecule has 2 aromatic heterocycles. The van der Waals surface area contributed by atoms with Crippen molar-refractivity contribution in [2.24, 2.45) is 0 Å². The van der Waals surface area contributed by atoms with Crippen molar-refractivity contribution in [1.82, 2.24) is 15.3 Å². The number of hydrogen-bond acceptors (Lipinski definition) is 2. The predicted molar refractivity (Wildman–Crippen MR) is 61.3 cm³/mol. The molecule has 0 bridgehead atoms. The molecule has 1 unspecified atom stereocenters. The summed E-state index contributed by atoms with van der Waals surface area (Å²) in [5.74, 6) is 0.595. The number of aromatic nitrogens is 2. The largest absolute Gasteiger partial charge is 0.343 e. The van der Waals surface area contributed by atoms with Crippen LogP contribution in [0.3, 0.4) is 0 Å². The van der Waals surface area contributed by atoms with Crippen molar-refractivity contribution in [2.75, 3.05) is 13.1 Å².